The van der Waals surface area contributed by atoms with Crippen molar-refractivity contribution in [3.8, 4) is 5.00 Å². The van der Waals surface area contributed by atoms with E-state index in [0.29, 0.717) is 5.69 Å². The van der Waals surface area contributed by atoms with Gasteiger partial charge in [-0.15, -0.1) is 11.3 Å². The quantitative estimate of drug-likeness (QED) is 0.888. The highest BCUT2D eigenvalue weighted by molar-refractivity contribution is 9.11. The molecule has 3 N–H and O–H groups in total. The Morgan fingerprint density at radius 2 is 2.47 bits per heavy atom. The fraction of sp³-hybridized carbons (Fsp3) is 0. The van der Waals surface area contributed by atoms with Crippen LogP contribution in [0, 0.1) is 0 Å². The van der Waals surface area contributed by atoms with Crippen LogP contribution in [0.2, 0.25) is 0 Å². The van der Waals surface area contributed by atoms with Crippen LogP contribution in [-0.4, -0.2) is 15.8 Å². The smallest absolute Gasteiger partial charge is 0.316 e. The zero-order valence-corrected chi connectivity index (χ0v) is 9.88. The standard InChI is InChI=1S/C8H7BrN4OS/c9-6-4-5(12-8(10)14)7(15-6)13-3-1-2-11-13/h1-4H,(H3,10,12,14). The van der Waals surface area contributed by atoms with E-state index in [2.05, 4.69) is 26.3 Å². The summed E-state index contributed by atoms with van der Waals surface area (Å²) in [7, 11) is 0. The third-order valence-corrected chi connectivity index (χ3v) is 3.28. The Labute approximate surface area is 98.0 Å². The van der Waals surface area contributed by atoms with Gasteiger partial charge in [0.15, 0.2) is 0 Å². The number of anilines is 1. The van der Waals surface area contributed by atoms with Crippen molar-refractivity contribution < 1.29 is 4.79 Å². The number of carbonyl (C=O) groups is 1. The predicted molar refractivity (Wildman–Crippen MR) is 62.3 cm³/mol. The predicted octanol–water partition coefficient (Wildman–Crippen LogP) is 2.19. The molecular weight excluding hydrogens is 280 g/mol. The SMILES string of the molecule is NC(=O)Nc1cc(Br)sc1-n1cccn1. The Hall–Kier alpha value is -1.34. The van der Waals surface area contributed by atoms with Gasteiger partial charge in [0, 0.05) is 12.4 Å². The number of urea groups is 1. The van der Waals surface area contributed by atoms with E-state index < -0.39 is 6.03 Å². The van der Waals surface area contributed by atoms with E-state index in [9.17, 15) is 4.79 Å². The molecule has 0 saturated carbocycles. The van der Waals surface area contributed by atoms with Crippen LogP contribution in [0.3, 0.4) is 0 Å². The molecule has 0 aromatic carbocycles. The van der Waals surface area contributed by atoms with Crippen molar-refractivity contribution in [2.24, 2.45) is 5.73 Å². The molecule has 2 aromatic rings. The Balaban J connectivity index is 2.42. The molecule has 0 saturated heterocycles. The van der Waals surface area contributed by atoms with Crippen LogP contribution in [-0.2, 0) is 0 Å². The number of rotatable bonds is 2. The number of nitrogens with one attached hydrogen (secondary N) is 1. The van der Waals surface area contributed by atoms with Crippen LogP contribution in [0.5, 0.6) is 0 Å². The summed E-state index contributed by atoms with van der Waals surface area (Å²) in [6.45, 7) is 0. The van der Waals surface area contributed by atoms with Crippen molar-refractivity contribution in [1.29, 1.82) is 0 Å². The number of carbonyl (C=O) groups excluding carboxylic acids is 1. The van der Waals surface area contributed by atoms with Crippen LogP contribution in [0.15, 0.2) is 28.3 Å². The molecule has 0 radical (unpaired) electrons. The molecule has 15 heavy (non-hydrogen) atoms. The first-order chi connectivity index (χ1) is 7.16. The number of hydrogen-bond acceptors (Lipinski definition) is 3. The second-order valence-electron chi connectivity index (χ2n) is 2.71. The fourth-order valence-electron chi connectivity index (χ4n) is 1.13. The first-order valence-electron chi connectivity index (χ1n) is 4.02. The van der Waals surface area contributed by atoms with Gasteiger partial charge in [-0.3, -0.25) is 0 Å². The molecule has 0 fully saturated rings. The first kappa shape index (κ1) is 10.2. The highest BCUT2D eigenvalue weighted by Gasteiger charge is 2.11. The van der Waals surface area contributed by atoms with E-state index in [4.69, 9.17) is 5.73 Å². The number of thiophene rings is 1. The molecule has 0 spiro atoms. The lowest BCUT2D eigenvalue weighted by Gasteiger charge is -2.02. The van der Waals surface area contributed by atoms with E-state index in [-0.39, 0.29) is 0 Å². The van der Waals surface area contributed by atoms with Crippen molar-refractivity contribution in [2.75, 3.05) is 5.32 Å². The summed E-state index contributed by atoms with van der Waals surface area (Å²) >= 11 is 4.80. The van der Waals surface area contributed by atoms with Gasteiger partial charge in [0.05, 0.1) is 9.47 Å². The minimum absolute atomic E-state index is 0.589. The zero-order chi connectivity index (χ0) is 10.8. The highest BCUT2D eigenvalue weighted by atomic mass is 79.9. The van der Waals surface area contributed by atoms with Gasteiger partial charge in [0.2, 0.25) is 0 Å². The summed E-state index contributed by atoms with van der Waals surface area (Å²) in [4.78, 5) is 10.8. The maximum absolute atomic E-state index is 10.8. The van der Waals surface area contributed by atoms with E-state index >= 15 is 0 Å². The summed E-state index contributed by atoms with van der Waals surface area (Å²) < 4.78 is 2.57. The Morgan fingerprint density at radius 3 is 3.07 bits per heavy atom. The largest absolute Gasteiger partial charge is 0.351 e. The maximum Gasteiger partial charge on any atom is 0.316 e. The summed E-state index contributed by atoms with van der Waals surface area (Å²) in [5.74, 6) is 0. The molecular formula is C8H7BrN4OS. The number of amides is 2. The lowest BCUT2D eigenvalue weighted by Crippen LogP contribution is -2.19. The molecule has 0 aliphatic heterocycles. The minimum Gasteiger partial charge on any atom is -0.351 e. The van der Waals surface area contributed by atoms with Crippen LogP contribution < -0.4 is 11.1 Å². The van der Waals surface area contributed by atoms with Crippen molar-refractivity contribution in [3.63, 3.8) is 0 Å². The molecule has 2 heterocycles. The Bertz CT molecular complexity index is 479. The summed E-state index contributed by atoms with van der Waals surface area (Å²) in [5.41, 5.74) is 5.71. The topological polar surface area (TPSA) is 72.9 Å². The number of aromatic nitrogens is 2. The molecule has 2 aromatic heterocycles. The average Bonchev–Trinajstić information content (AvgIpc) is 2.72. The van der Waals surface area contributed by atoms with Crippen LogP contribution in [0.1, 0.15) is 0 Å². The Kier molecular flexibility index (Phi) is 2.74. The van der Waals surface area contributed by atoms with Crippen LogP contribution in [0.25, 0.3) is 5.00 Å². The molecule has 0 bridgehead atoms. The summed E-state index contributed by atoms with van der Waals surface area (Å²) in [6, 6.07) is 3.00. The van der Waals surface area contributed by atoms with Crippen molar-refractivity contribution in [3.05, 3.63) is 28.3 Å². The normalized spacial score (nSPS) is 10.2. The van der Waals surface area contributed by atoms with Gasteiger partial charge in [0.1, 0.15) is 5.00 Å². The van der Waals surface area contributed by atoms with E-state index in [1.165, 1.54) is 11.3 Å². The molecule has 78 valence electrons. The summed E-state index contributed by atoms with van der Waals surface area (Å²) in [6.07, 6.45) is 3.46. The minimum atomic E-state index is -0.589. The average molecular weight is 287 g/mol. The lowest BCUT2D eigenvalue weighted by molar-refractivity contribution is 0.259. The monoisotopic (exact) mass is 286 g/mol. The fourth-order valence-corrected chi connectivity index (χ4v) is 2.61. The number of hydrogen-bond donors (Lipinski definition) is 2. The molecule has 0 unspecified atom stereocenters. The molecule has 0 atom stereocenters. The van der Waals surface area contributed by atoms with Crippen LogP contribution in [0.4, 0.5) is 10.5 Å². The van der Waals surface area contributed by atoms with Crippen molar-refractivity contribution in [1.82, 2.24) is 9.78 Å². The third kappa shape index (κ3) is 2.18. The summed E-state index contributed by atoms with van der Waals surface area (Å²) in [5, 5.41) is 7.43. The molecule has 0 aliphatic carbocycles. The highest BCUT2D eigenvalue weighted by Crippen LogP contribution is 2.33. The van der Waals surface area contributed by atoms with Crippen molar-refractivity contribution in [2.45, 2.75) is 0 Å². The van der Waals surface area contributed by atoms with Crippen molar-refractivity contribution >= 4 is 39.0 Å². The molecule has 2 amide bonds. The van der Waals surface area contributed by atoms with E-state index in [0.717, 1.165) is 8.79 Å². The molecule has 5 nitrogen and oxygen atoms in total. The molecule has 7 heteroatoms. The number of nitrogens with zero attached hydrogens (tertiary/aromatic N) is 2. The van der Waals surface area contributed by atoms with Gasteiger partial charge >= 0.3 is 6.03 Å². The first-order valence-corrected chi connectivity index (χ1v) is 5.63. The van der Waals surface area contributed by atoms with Gasteiger partial charge in [-0.25, -0.2) is 9.48 Å². The van der Waals surface area contributed by atoms with E-state index in [1.807, 2.05) is 6.07 Å². The number of halogens is 1. The van der Waals surface area contributed by atoms with Gasteiger partial charge in [-0.05, 0) is 28.1 Å². The third-order valence-electron chi connectivity index (χ3n) is 1.65. The van der Waals surface area contributed by atoms with Gasteiger partial charge < -0.3 is 11.1 Å². The van der Waals surface area contributed by atoms with Gasteiger partial charge in [-0.1, -0.05) is 0 Å². The molecule has 2 rings (SSSR count). The number of primary amides is 1. The van der Waals surface area contributed by atoms with Gasteiger partial charge in [0.25, 0.3) is 0 Å². The van der Waals surface area contributed by atoms with Crippen LogP contribution >= 0.6 is 27.3 Å². The zero-order valence-electron chi connectivity index (χ0n) is 7.48. The lowest BCUT2D eigenvalue weighted by atomic mass is 10.5. The van der Waals surface area contributed by atoms with E-state index in [1.54, 1.807) is 23.1 Å². The molecule has 0 aliphatic rings. The van der Waals surface area contributed by atoms with Gasteiger partial charge in [-0.2, -0.15) is 5.10 Å². The Morgan fingerprint density at radius 1 is 1.67 bits per heavy atom. The second-order valence-corrected chi connectivity index (χ2v) is 5.12. The number of nitrogens with two attached hydrogens (primary N) is 1. The second kappa shape index (κ2) is 4.03. The maximum atomic E-state index is 10.8.